The highest BCUT2D eigenvalue weighted by molar-refractivity contribution is 5.83. The molecule has 3 rings (SSSR count). The van der Waals surface area contributed by atoms with Gasteiger partial charge in [-0.25, -0.2) is 14.6 Å². The lowest BCUT2D eigenvalue weighted by molar-refractivity contribution is -0.139. The van der Waals surface area contributed by atoms with Gasteiger partial charge in [-0.1, -0.05) is 13.0 Å². The first-order chi connectivity index (χ1) is 14.5. The lowest BCUT2D eigenvalue weighted by atomic mass is 9.72. The Morgan fingerprint density at radius 2 is 2.13 bits per heavy atom. The maximum absolute atomic E-state index is 12.3. The molecule has 164 valence electrons. The van der Waals surface area contributed by atoms with Crippen molar-refractivity contribution in [1.29, 1.82) is 0 Å². The van der Waals surface area contributed by atoms with Gasteiger partial charge >= 0.3 is 12.1 Å². The first-order valence-corrected chi connectivity index (χ1v) is 10.6. The predicted octanol–water partition coefficient (Wildman–Crippen LogP) is 1.71. The van der Waals surface area contributed by atoms with E-state index in [-0.39, 0.29) is 25.0 Å². The van der Waals surface area contributed by atoms with E-state index in [0.29, 0.717) is 12.3 Å². The molecule has 1 aromatic heterocycles. The van der Waals surface area contributed by atoms with Gasteiger partial charge in [-0.2, -0.15) is 0 Å². The number of hydrogen-bond acceptors (Lipinski definition) is 6. The number of nitrogens with zero attached hydrogens (tertiary/aromatic N) is 1. The van der Waals surface area contributed by atoms with E-state index >= 15 is 0 Å². The molecule has 1 atom stereocenters. The molecule has 9 heteroatoms. The normalized spacial score (nSPS) is 20.7. The molecule has 0 spiro atoms. The summed E-state index contributed by atoms with van der Waals surface area (Å²) >= 11 is 0. The van der Waals surface area contributed by atoms with Crippen LogP contribution in [0.4, 0.5) is 10.6 Å². The van der Waals surface area contributed by atoms with E-state index in [9.17, 15) is 19.5 Å². The van der Waals surface area contributed by atoms with Crippen LogP contribution in [0.25, 0.3) is 0 Å². The van der Waals surface area contributed by atoms with Crippen molar-refractivity contribution in [2.24, 2.45) is 11.8 Å². The highest BCUT2D eigenvalue weighted by Crippen LogP contribution is 2.36. The van der Waals surface area contributed by atoms with E-state index in [1.807, 2.05) is 6.92 Å². The molecule has 9 nitrogen and oxygen atoms in total. The van der Waals surface area contributed by atoms with Crippen LogP contribution in [0.1, 0.15) is 43.9 Å². The Bertz CT molecular complexity index is 779. The number of aromatic nitrogens is 1. The van der Waals surface area contributed by atoms with Gasteiger partial charge in [0.1, 0.15) is 11.9 Å². The minimum Gasteiger partial charge on any atom is -0.480 e. The Morgan fingerprint density at radius 3 is 2.87 bits per heavy atom. The largest absolute Gasteiger partial charge is 0.480 e. The van der Waals surface area contributed by atoms with Crippen LogP contribution in [0.15, 0.2) is 12.1 Å². The zero-order valence-corrected chi connectivity index (χ0v) is 17.3. The minimum atomic E-state index is -1.22. The third kappa shape index (κ3) is 5.84. The number of amides is 2. The van der Waals surface area contributed by atoms with Crippen LogP contribution in [0.2, 0.25) is 0 Å². The second kappa shape index (κ2) is 10.3. The third-order valence-electron chi connectivity index (χ3n) is 5.56. The molecule has 0 bridgehead atoms. The van der Waals surface area contributed by atoms with Crippen LogP contribution in [0.3, 0.4) is 0 Å². The summed E-state index contributed by atoms with van der Waals surface area (Å²) in [6, 6.07) is 2.98. The molecule has 1 aromatic rings. The molecule has 0 saturated heterocycles. The van der Waals surface area contributed by atoms with Gasteiger partial charge in [0.25, 0.3) is 0 Å². The summed E-state index contributed by atoms with van der Waals surface area (Å²) in [5, 5.41) is 17.5. The van der Waals surface area contributed by atoms with Gasteiger partial charge in [0.15, 0.2) is 0 Å². The highest BCUT2D eigenvalue weighted by atomic mass is 16.5. The van der Waals surface area contributed by atoms with Gasteiger partial charge < -0.3 is 25.8 Å². The fourth-order valence-electron chi connectivity index (χ4n) is 3.82. The maximum Gasteiger partial charge on any atom is 0.407 e. The molecule has 4 N–H and O–H groups in total. The van der Waals surface area contributed by atoms with Crippen LogP contribution in [0.5, 0.6) is 0 Å². The number of carboxylic acids is 1. The Morgan fingerprint density at radius 1 is 1.33 bits per heavy atom. The van der Waals surface area contributed by atoms with E-state index in [2.05, 4.69) is 28.1 Å². The molecular weight excluding hydrogens is 388 g/mol. The van der Waals surface area contributed by atoms with Crippen molar-refractivity contribution in [2.75, 3.05) is 25.0 Å². The van der Waals surface area contributed by atoms with E-state index in [1.165, 1.54) is 5.56 Å². The topological polar surface area (TPSA) is 130 Å². The van der Waals surface area contributed by atoms with Gasteiger partial charge in [-0.3, -0.25) is 4.79 Å². The number of fused-ring (bicyclic) bond motifs is 1. The molecule has 2 amide bonds. The smallest absolute Gasteiger partial charge is 0.407 e. The second-order valence-corrected chi connectivity index (χ2v) is 8.00. The number of aliphatic carboxylic acids is 1. The van der Waals surface area contributed by atoms with Gasteiger partial charge in [0, 0.05) is 24.7 Å². The van der Waals surface area contributed by atoms with Crippen molar-refractivity contribution in [3.8, 4) is 0 Å². The summed E-state index contributed by atoms with van der Waals surface area (Å²) in [5.74, 6) is -0.153. The standard InChI is InChI=1S/C21H30N4O5/c1-2-8-30-21(29)25-17(20(27)28)12-23-19(26)15-9-13(10-15)11-16-6-5-14-4-3-7-22-18(14)24-16/h5-6,13,15,17H,2-4,7-12H2,1H3,(H,22,24)(H,23,26)(H,25,29)(H,27,28). The Labute approximate surface area is 176 Å². The number of carbonyl (C=O) groups excluding carboxylic acids is 2. The number of anilines is 1. The molecule has 1 saturated carbocycles. The first kappa shape index (κ1) is 21.9. The number of carboxylic acid groups (broad SMARTS) is 1. The summed E-state index contributed by atoms with van der Waals surface area (Å²) in [7, 11) is 0. The minimum absolute atomic E-state index is 0.132. The molecule has 1 fully saturated rings. The number of hydrogen-bond donors (Lipinski definition) is 4. The number of rotatable bonds is 9. The number of pyridine rings is 1. The molecule has 0 aromatic carbocycles. The first-order valence-electron chi connectivity index (χ1n) is 10.6. The molecule has 1 aliphatic carbocycles. The molecule has 2 heterocycles. The van der Waals surface area contributed by atoms with Gasteiger partial charge in [0.05, 0.1) is 6.61 Å². The van der Waals surface area contributed by atoms with E-state index < -0.39 is 18.1 Å². The summed E-state index contributed by atoms with van der Waals surface area (Å²) in [4.78, 5) is 39.9. The fraction of sp³-hybridized carbons (Fsp3) is 0.619. The lowest BCUT2D eigenvalue weighted by Crippen LogP contribution is -2.50. The summed E-state index contributed by atoms with van der Waals surface area (Å²) < 4.78 is 4.83. The average Bonchev–Trinajstić information content (AvgIpc) is 2.71. The van der Waals surface area contributed by atoms with Crippen LogP contribution in [0, 0.1) is 11.8 Å². The van der Waals surface area contributed by atoms with Crippen molar-refractivity contribution in [2.45, 2.75) is 51.5 Å². The zero-order chi connectivity index (χ0) is 21.5. The van der Waals surface area contributed by atoms with Crippen molar-refractivity contribution in [3.05, 3.63) is 23.4 Å². The highest BCUT2D eigenvalue weighted by Gasteiger charge is 2.35. The van der Waals surface area contributed by atoms with Crippen LogP contribution in [-0.2, 0) is 27.2 Å². The van der Waals surface area contributed by atoms with Gasteiger partial charge in [-0.05, 0) is 56.1 Å². The van der Waals surface area contributed by atoms with Gasteiger partial charge in [0.2, 0.25) is 5.91 Å². The molecule has 1 aliphatic heterocycles. The van der Waals surface area contributed by atoms with Gasteiger partial charge in [-0.15, -0.1) is 0 Å². The second-order valence-electron chi connectivity index (χ2n) is 8.00. The molecule has 30 heavy (non-hydrogen) atoms. The molecular formula is C21H30N4O5. The summed E-state index contributed by atoms with van der Waals surface area (Å²) in [6.45, 7) is 2.84. The van der Waals surface area contributed by atoms with Crippen LogP contribution >= 0.6 is 0 Å². The summed E-state index contributed by atoms with van der Waals surface area (Å²) in [5.41, 5.74) is 2.30. The Kier molecular flexibility index (Phi) is 7.48. The Balaban J connectivity index is 1.40. The predicted molar refractivity (Wildman–Crippen MR) is 110 cm³/mol. The average molecular weight is 418 g/mol. The molecule has 2 aliphatic rings. The van der Waals surface area contributed by atoms with Crippen LogP contribution in [-0.4, -0.2) is 53.8 Å². The van der Waals surface area contributed by atoms with Crippen LogP contribution < -0.4 is 16.0 Å². The van der Waals surface area contributed by atoms with E-state index in [4.69, 9.17) is 9.72 Å². The van der Waals surface area contributed by atoms with Crippen molar-refractivity contribution >= 4 is 23.8 Å². The van der Waals surface area contributed by atoms with E-state index in [1.54, 1.807) is 0 Å². The lowest BCUT2D eigenvalue weighted by Gasteiger charge is -2.34. The van der Waals surface area contributed by atoms with Crippen molar-refractivity contribution < 1.29 is 24.2 Å². The zero-order valence-electron chi connectivity index (χ0n) is 17.3. The number of carbonyl (C=O) groups is 3. The van der Waals surface area contributed by atoms with Crippen molar-refractivity contribution in [1.82, 2.24) is 15.6 Å². The van der Waals surface area contributed by atoms with Crippen molar-refractivity contribution in [3.63, 3.8) is 0 Å². The molecule has 1 unspecified atom stereocenters. The van der Waals surface area contributed by atoms with E-state index in [0.717, 1.165) is 50.2 Å². The Hall–Kier alpha value is -2.84. The maximum atomic E-state index is 12.3. The molecule has 0 radical (unpaired) electrons. The summed E-state index contributed by atoms with van der Waals surface area (Å²) in [6.07, 6.45) is 4.37. The number of nitrogens with one attached hydrogen (secondary N) is 3. The quantitative estimate of drug-likeness (QED) is 0.480. The monoisotopic (exact) mass is 418 g/mol. The third-order valence-corrected chi connectivity index (χ3v) is 5.56. The fourth-order valence-corrected chi connectivity index (χ4v) is 3.82. The number of ether oxygens (including phenoxy) is 1. The number of alkyl carbamates (subject to hydrolysis) is 1. The number of aryl methyl sites for hydroxylation is 1. The SMILES string of the molecule is CCCOC(=O)NC(CNC(=O)C1CC(Cc2ccc3c(n2)NCCC3)C1)C(=O)O.